The molecular formula is C30H18N6O3S3. The van der Waals surface area contributed by atoms with Gasteiger partial charge in [0.25, 0.3) is 17.7 Å². The zero-order chi connectivity index (χ0) is 28.6. The summed E-state index contributed by atoms with van der Waals surface area (Å²) in [5.74, 6) is -1.51. The van der Waals surface area contributed by atoms with Crippen molar-refractivity contribution in [2.75, 3.05) is 16.0 Å². The lowest BCUT2D eigenvalue weighted by Crippen LogP contribution is -2.19. The van der Waals surface area contributed by atoms with Crippen molar-refractivity contribution in [2.24, 2.45) is 0 Å². The Morgan fingerprint density at radius 3 is 1.02 bits per heavy atom. The zero-order valence-electron chi connectivity index (χ0n) is 21.5. The van der Waals surface area contributed by atoms with E-state index in [2.05, 4.69) is 30.9 Å². The molecular weight excluding hydrogens is 589 g/mol. The van der Waals surface area contributed by atoms with Gasteiger partial charge in [0.15, 0.2) is 15.4 Å². The second kappa shape index (κ2) is 10.7. The second-order valence-electron chi connectivity index (χ2n) is 9.12. The van der Waals surface area contributed by atoms with E-state index in [4.69, 9.17) is 0 Å². The molecule has 42 heavy (non-hydrogen) atoms. The molecule has 7 aromatic rings. The fourth-order valence-corrected chi connectivity index (χ4v) is 6.89. The van der Waals surface area contributed by atoms with Crippen LogP contribution in [-0.2, 0) is 0 Å². The summed E-state index contributed by atoms with van der Waals surface area (Å²) in [5.41, 5.74) is 2.66. The highest BCUT2D eigenvalue weighted by Crippen LogP contribution is 2.29. The van der Waals surface area contributed by atoms with Crippen LogP contribution < -0.4 is 16.0 Å². The molecule has 0 bridgehead atoms. The Hall–Kier alpha value is -5.04. The molecule has 12 heteroatoms. The summed E-state index contributed by atoms with van der Waals surface area (Å²) in [4.78, 5) is 53.5. The van der Waals surface area contributed by atoms with Crippen molar-refractivity contribution in [3.8, 4) is 0 Å². The summed E-state index contributed by atoms with van der Waals surface area (Å²) in [6.07, 6.45) is 0. The van der Waals surface area contributed by atoms with Crippen molar-refractivity contribution in [3.05, 3.63) is 108 Å². The number of aromatic nitrogens is 3. The standard InChI is InChI=1S/C30H18N6O3S3/c37-25(34-28-31-19-7-1-4-10-22(19)40-28)16-13-17(26(38)35-29-32-20-8-2-5-11-23(20)41-29)15-18(14-16)27(39)36-30-33-21-9-3-6-12-24(21)42-30/h1-15H,(H,31,34,37)(H,32,35,38)(H,33,36,39). The zero-order valence-corrected chi connectivity index (χ0v) is 23.9. The SMILES string of the molecule is O=C(Nc1nc2ccccc2s1)c1cc(C(=O)Nc2nc3ccccc3s2)cc(C(=O)Nc2nc3ccccc3s2)c1. The molecule has 0 saturated heterocycles. The van der Waals surface area contributed by atoms with E-state index in [-0.39, 0.29) is 16.7 Å². The summed E-state index contributed by atoms with van der Waals surface area (Å²) in [6.45, 7) is 0. The van der Waals surface area contributed by atoms with Gasteiger partial charge in [-0.25, -0.2) is 15.0 Å². The third-order valence-corrected chi connectivity index (χ3v) is 9.12. The average molecular weight is 607 g/mol. The number of fused-ring (bicyclic) bond motifs is 3. The van der Waals surface area contributed by atoms with Crippen LogP contribution in [0.25, 0.3) is 30.6 Å². The van der Waals surface area contributed by atoms with Crippen molar-refractivity contribution < 1.29 is 14.4 Å². The number of rotatable bonds is 6. The molecule has 0 saturated carbocycles. The molecule has 0 radical (unpaired) electrons. The molecule has 0 fully saturated rings. The quantitative estimate of drug-likeness (QED) is 0.183. The number of nitrogens with one attached hydrogen (secondary N) is 3. The molecule has 204 valence electrons. The maximum Gasteiger partial charge on any atom is 0.257 e. The van der Waals surface area contributed by atoms with Crippen molar-refractivity contribution in [1.82, 2.24) is 15.0 Å². The van der Waals surface area contributed by atoms with Crippen molar-refractivity contribution in [2.45, 2.75) is 0 Å². The van der Waals surface area contributed by atoms with Crippen molar-refractivity contribution in [1.29, 1.82) is 0 Å². The highest BCUT2D eigenvalue weighted by atomic mass is 32.1. The fraction of sp³-hybridized carbons (Fsp3) is 0. The van der Waals surface area contributed by atoms with E-state index in [0.29, 0.717) is 15.4 Å². The molecule has 3 aromatic heterocycles. The average Bonchev–Trinajstić information content (AvgIpc) is 3.72. The van der Waals surface area contributed by atoms with Gasteiger partial charge < -0.3 is 0 Å². The van der Waals surface area contributed by atoms with Gasteiger partial charge in [-0.2, -0.15) is 0 Å². The van der Waals surface area contributed by atoms with Gasteiger partial charge in [0, 0.05) is 16.7 Å². The van der Waals surface area contributed by atoms with Crippen LogP contribution in [0.3, 0.4) is 0 Å². The van der Waals surface area contributed by atoms with Crippen LogP contribution in [0, 0.1) is 0 Å². The Balaban J connectivity index is 1.20. The molecule has 3 heterocycles. The lowest BCUT2D eigenvalue weighted by atomic mass is 10.0. The topological polar surface area (TPSA) is 126 Å². The summed E-state index contributed by atoms with van der Waals surface area (Å²) in [7, 11) is 0. The number of nitrogens with zero attached hydrogens (tertiary/aromatic N) is 3. The number of carbonyl (C=O) groups is 3. The van der Waals surface area contributed by atoms with E-state index >= 15 is 0 Å². The molecule has 0 unspecified atom stereocenters. The highest BCUT2D eigenvalue weighted by molar-refractivity contribution is 7.23. The highest BCUT2D eigenvalue weighted by Gasteiger charge is 2.20. The number of hydrogen-bond acceptors (Lipinski definition) is 9. The summed E-state index contributed by atoms with van der Waals surface area (Å²) < 4.78 is 2.77. The lowest BCUT2D eigenvalue weighted by Gasteiger charge is -2.09. The lowest BCUT2D eigenvalue weighted by molar-refractivity contribution is 0.102. The van der Waals surface area contributed by atoms with Crippen LogP contribution >= 0.6 is 34.0 Å². The van der Waals surface area contributed by atoms with Gasteiger partial charge in [0.05, 0.1) is 30.6 Å². The van der Waals surface area contributed by atoms with Gasteiger partial charge in [-0.1, -0.05) is 70.4 Å². The van der Waals surface area contributed by atoms with Crippen molar-refractivity contribution >= 4 is 97.8 Å². The first-order valence-corrected chi connectivity index (χ1v) is 15.1. The Morgan fingerprint density at radius 2 is 0.738 bits per heavy atom. The van der Waals surface area contributed by atoms with Crippen LogP contribution in [0.1, 0.15) is 31.1 Å². The fourth-order valence-electron chi connectivity index (χ4n) is 4.31. The minimum atomic E-state index is -0.502. The van der Waals surface area contributed by atoms with Crippen LogP contribution in [-0.4, -0.2) is 32.7 Å². The van der Waals surface area contributed by atoms with Gasteiger partial charge >= 0.3 is 0 Å². The van der Waals surface area contributed by atoms with E-state index in [1.807, 2.05) is 72.8 Å². The third kappa shape index (κ3) is 5.21. The third-order valence-electron chi connectivity index (χ3n) is 6.26. The first kappa shape index (κ1) is 25.9. The van der Waals surface area contributed by atoms with E-state index in [0.717, 1.165) is 30.6 Å². The molecule has 0 aliphatic carbocycles. The normalized spacial score (nSPS) is 11.1. The van der Waals surface area contributed by atoms with E-state index in [1.165, 1.54) is 52.2 Å². The molecule has 0 atom stereocenters. The second-order valence-corrected chi connectivity index (χ2v) is 12.2. The Kier molecular flexibility index (Phi) is 6.62. The summed E-state index contributed by atoms with van der Waals surface area (Å²) >= 11 is 4.00. The number of para-hydroxylation sites is 3. The maximum atomic E-state index is 13.4. The first-order chi connectivity index (χ1) is 20.5. The molecule has 0 spiro atoms. The largest absolute Gasteiger partial charge is 0.298 e. The Labute approximate surface area is 249 Å². The number of amides is 3. The number of anilines is 3. The monoisotopic (exact) mass is 606 g/mol. The number of carbonyl (C=O) groups excluding carboxylic acids is 3. The van der Waals surface area contributed by atoms with Crippen molar-refractivity contribution in [3.63, 3.8) is 0 Å². The molecule has 9 nitrogen and oxygen atoms in total. The van der Waals surface area contributed by atoms with Crippen LogP contribution in [0.15, 0.2) is 91.0 Å². The maximum absolute atomic E-state index is 13.4. The van der Waals surface area contributed by atoms with E-state index in [1.54, 1.807) is 0 Å². The Morgan fingerprint density at radius 1 is 0.452 bits per heavy atom. The van der Waals surface area contributed by atoms with E-state index < -0.39 is 17.7 Å². The number of benzene rings is 4. The van der Waals surface area contributed by atoms with Gasteiger partial charge in [-0.05, 0) is 54.6 Å². The minimum absolute atomic E-state index is 0.126. The molecule has 0 aliphatic heterocycles. The van der Waals surface area contributed by atoms with Gasteiger partial charge in [-0.3, -0.25) is 30.3 Å². The number of hydrogen-bond donors (Lipinski definition) is 3. The molecule has 0 aliphatic rings. The Bertz CT molecular complexity index is 1810. The first-order valence-electron chi connectivity index (χ1n) is 12.6. The summed E-state index contributed by atoms with van der Waals surface area (Å²) in [6, 6.07) is 27.0. The smallest absolute Gasteiger partial charge is 0.257 e. The van der Waals surface area contributed by atoms with Crippen LogP contribution in [0.4, 0.5) is 15.4 Å². The van der Waals surface area contributed by atoms with E-state index in [9.17, 15) is 14.4 Å². The van der Waals surface area contributed by atoms with Gasteiger partial charge in [0.2, 0.25) is 0 Å². The summed E-state index contributed by atoms with van der Waals surface area (Å²) in [5, 5.41) is 9.62. The predicted molar refractivity (Wildman–Crippen MR) is 169 cm³/mol. The molecule has 3 N–H and O–H groups in total. The van der Waals surface area contributed by atoms with Crippen LogP contribution in [0.5, 0.6) is 0 Å². The minimum Gasteiger partial charge on any atom is -0.298 e. The molecule has 7 rings (SSSR count). The predicted octanol–water partition coefficient (Wildman–Crippen LogP) is 7.27. The molecule has 3 amide bonds. The van der Waals surface area contributed by atoms with Gasteiger partial charge in [0.1, 0.15) is 0 Å². The van der Waals surface area contributed by atoms with Gasteiger partial charge in [-0.15, -0.1) is 0 Å². The number of thiazole rings is 3. The molecule has 4 aromatic carbocycles. The van der Waals surface area contributed by atoms with Crippen LogP contribution in [0.2, 0.25) is 0 Å².